The minimum Gasteiger partial charge on any atom is -0.382 e. The van der Waals surface area contributed by atoms with Crippen molar-refractivity contribution < 1.29 is 17.9 Å². The maximum Gasteiger partial charge on any atom is 0.240 e. The smallest absolute Gasteiger partial charge is 0.240 e. The second kappa shape index (κ2) is 9.12. The first-order chi connectivity index (χ1) is 10.4. The summed E-state index contributed by atoms with van der Waals surface area (Å²) in [6, 6.07) is 6.88. The highest BCUT2D eigenvalue weighted by atomic mass is 79.9. The fraction of sp³-hybridized carbons (Fsp3) is 0.500. The van der Waals surface area contributed by atoms with Gasteiger partial charge in [0.05, 0.1) is 11.9 Å². The van der Waals surface area contributed by atoms with Gasteiger partial charge in [0.1, 0.15) is 6.54 Å². The van der Waals surface area contributed by atoms with Crippen LogP contribution in [0.5, 0.6) is 0 Å². The molecule has 8 heteroatoms. The van der Waals surface area contributed by atoms with Crippen LogP contribution in [0.2, 0.25) is 0 Å². The van der Waals surface area contributed by atoms with Gasteiger partial charge in [0.2, 0.25) is 15.9 Å². The molecule has 0 aromatic heterocycles. The fourth-order valence-corrected chi connectivity index (χ4v) is 3.25. The Morgan fingerprint density at radius 1 is 1.36 bits per heavy atom. The molecule has 1 rings (SSSR count). The van der Waals surface area contributed by atoms with Crippen LogP contribution in [0, 0.1) is 0 Å². The lowest BCUT2D eigenvalue weighted by molar-refractivity contribution is -0.119. The number of para-hydroxylation sites is 1. The molecule has 1 N–H and O–H groups in total. The van der Waals surface area contributed by atoms with E-state index in [0.29, 0.717) is 36.3 Å². The first kappa shape index (κ1) is 18.9. The minimum atomic E-state index is -3.56. The Morgan fingerprint density at radius 2 is 2.05 bits per heavy atom. The van der Waals surface area contributed by atoms with Gasteiger partial charge in [-0.2, -0.15) is 0 Å². The van der Waals surface area contributed by atoms with Crippen molar-refractivity contribution >= 4 is 37.5 Å². The number of halogens is 1. The molecule has 0 atom stereocenters. The van der Waals surface area contributed by atoms with Crippen LogP contribution in [-0.2, 0) is 19.6 Å². The molecule has 0 aliphatic heterocycles. The van der Waals surface area contributed by atoms with Crippen molar-refractivity contribution in [2.24, 2.45) is 0 Å². The number of carbonyl (C=O) groups excluding carboxylic acids is 1. The number of nitrogens with zero attached hydrogens (tertiary/aromatic N) is 1. The van der Waals surface area contributed by atoms with Gasteiger partial charge in [-0.3, -0.25) is 9.10 Å². The summed E-state index contributed by atoms with van der Waals surface area (Å²) in [5.41, 5.74) is 0.439. The van der Waals surface area contributed by atoms with Crippen LogP contribution in [0.15, 0.2) is 28.7 Å². The van der Waals surface area contributed by atoms with E-state index >= 15 is 0 Å². The average molecular weight is 393 g/mol. The Morgan fingerprint density at radius 3 is 2.64 bits per heavy atom. The van der Waals surface area contributed by atoms with Crippen molar-refractivity contribution in [3.63, 3.8) is 0 Å². The van der Waals surface area contributed by atoms with Crippen LogP contribution in [0.4, 0.5) is 5.69 Å². The first-order valence-corrected chi connectivity index (χ1v) is 9.57. The Hall–Kier alpha value is -1.12. The Bertz CT molecular complexity index is 592. The molecule has 0 saturated carbocycles. The molecule has 1 amide bonds. The molecule has 0 unspecified atom stereocenters. The molecule has 6 nitrogen and oxygen atoms in total. The predicted octanol–water partition coefficient (Wildman–Crippen LogP) is 1.76. The van der Waals surface area contributed by atoms with Crippen LogP contribution >= 0.6 is 15.9 Å². The van der Waals surface area contributed by atoms with Crippen molar-refractivity contribution in [2.75, 3.05) is 36.9 Å². The number of rotatable bonds is 9. The van der Waals surface area contributed by atoms with Crippen molar-refractivity contribution in [1.82, 2.24) is 5.32 Å². The van der Waals surface area contributed by atoms with Gasteiger partial charge in [-0.25, -0.2) is 8.42 Å². The first-order valence-electron chi connectivity index (χ1n) is 6.93. The summed E-state index contributed by atoms with van der Waals surface area (Å²) in [5.74, 6) is -0.349. The van der Waals surface area contributed by atoms with Gasteiger partial charge >= 0.3 is 0 Å². The SMILES string of the molecule is CCOCCCNC(=O)CN(c1ccccc1Br)S(C)(=O)=O. The zero-order chi connectivity index (χ0) is 16.6. The number of hydrogen-bond donors (Lipinski definition) is 1. The Balaban J connectivity index is 2.68. The van der Waals surface area contributed by atoms with Gasteiger partial charge in [0.25, 0.3) is 0 Å². The monoisotopic (exact) mass is 392 g/mol. The van der Waals surface area contributed by atoms with Gasteiger partial charge in [-0.1, -0.05) is 12.1 Å². The lowest BCUT2D eigenvalue weighted by Crippen LogP contribution is -2.41. The maximum absolute atomic E-state index is 11.9. The second-order valence-corrected chi connectivity index (χ2v) is 7.38. The summed E-state index contributed by atoms with van der Waals surface area (Å²) in [6.07, 6.45) is 1.77. The Kier molecular flexibility index (Phi) is 7.84. The third kappa shape index (κ3) is 6.33. The van der Waals surface area contributed by atoms with Crippen molar-refractivity contribution in [3.05, 3.63) is 28.7 Å². The number of amides is 1. The standard InChI is InChI=1S/C14H21BrN2O4S/c1-3-21-10-6-9-16-14(18)11-17(22(2,19)20)13-8-5-4-7-12(13)15/h4-5,7-8H,3,6,9-11H2,1-2H3,(H,16,18). The van der Waals surface area contributed by atoms with E-state index in [9.17, 15) is 13.2 Å². The largest absolute Gasteiger partial charge is 0.382 e. The summed E-state index contributed by atoms with van der Waals surface area (Å²) in [5, 5.41) is 2.69. The number of sulfonamides is 1. The van der Waals surface area contributed by atoms with E-state index < -0.39 is 10.0 Å². The van der Waals surface area contributed by atoms with E-state index in [2.05, 4.69) is 21.2 Å². The Labute approximate surface area is 140 Å². The third-order valence-electron chi connectivity index (χ3n) is 2.80. The lowest BCUT2D eigenvalue weighted by Gasteiger charge is -2.23. The zero-order valence-corrected chi connectivity index (χ0v) is 15.1. The summed E-state index contributed by atoms with van der Waals surface area (Å²) in [4.78, 5) is 11.9. The average Bonchev–Trinajstić information content (AvgIpc) is 2.44. The van der Waals surface area contributed by atoms with Gasteiger partial charge < -0.3 is 10.1 Å². The topological polar surface area (TPSA) is 75.7 Å². The van der Waals surface area contributed by atoms with Crippen LogP contribution in [-0.4, -0.2) is 46.9 Å². The van der Waals surface area contributed by atoms with Gasteiger partial charge in [-0.15, -0.1) is 0 Å². The number of carbonyl (C=O) groups is 1. The molecule has 0 bridgehead atoms. The summed E-state index contributed by atoms with van der Waals surface area (Å²) < 4.78 is 30.7. The van der Waals surface area contributed by atoms with Crippen molar-refractivity contribution in [1.29, 1.82) is 0 Å². The second-order valence-electron chi connectivity index (χ2n) is 4.62. The maximum atomic E-state index is 11.9. The van der Waals surface area contributed by atoms with Crippen LogP contribution < -0.4 is 9.62 Å². The molecule has 0 saturated heterocycles. The molecular weight excluding hydrogens is 372 g/mol. The molecule has 0 aliphatic carbocycles. The zero-order valence-electron chi connectivity index (χ0n) is 12.7. The number of anilines is 1. The van der Waals surface area contributed by atoms with Gasteiger partial charge in [0, 0.05) is 24.2 Å². The molecule has 0 aliphatic rings. The van der Waals surface area contributed by atoms with E-state index in [1.807, 2.05) is 6.92 Å². The van der Waals surface area contributed by atoms with Crippen LogP contribution in [0.1, 0.15) is 13.3 Å². The molecule has 22 heavy (non-hydrogen) atoms. The molecule has 0 radical (unpaired) electrons. The fourth-order valence-electron chi connectivity index (χ4n) is 1.77. The molecule has 0 heterocycles. The molecule has 1 aromatic carbocycles. The molecule has 0 fully saturated rings. The number of ether oxygens (including phenoxy) is 1. The highest BCUT2D eigenvalue weighted by molar-refractivity contribution is 9.10. The molecule has 0 spiro atoms. The van der Waals surface area contributed by atoms with Gasteiger partial charge in [-0.05, 0) is 41.4 Å². The number of nitrogens with one attached hydrogen (secondary N) is 1. The van der Waals surface area contributed by atoms with Gasteiger partial charge in [0.15, 0.2) is 0 Å². The molecule has 1 aromatic rings. The van der Waals surface area contributed by atoms with Crippen LogP contribution in [0.25, 0.3) is 0 Å². The normalized spacial score (nSPS) is 11.2. The van der Waals surface area contributed by atoms with E-state index in [-0.39, 0.29) is 12.5 Å². The van der Waals surface area contributed by atoms with E-state index in [0.717, 1.165) is 10.6 Å². The molecule has 124 valence electrons. The van der Waals surface area contributed by atoms with Crippen LogP contribution in [0.3, 0.4) is 0 Å². The summed E-state index contributed by atoms with van der Waals surface area (Å²) in [7, 11) is -3.56. The highest BCUT2D eigenvalue weighted by Gasteiger charge is 2.22. The van der Waals surface area contributed by atoms with Crippen molar-refractivity contribution in [2.45, 2.75) is 13.3 Å². The van der Waals surface area contributed by atoms with E-state index in [4.69, 9.17) is 4.74 Å². The summed E-state index contributed by atoms with van der Waals surface area (Å²) >= 11 is 3.31. The quantitative estimate of drug-likeness (QED) is 0.649. The third-order valence-corrected chi connectivity index (χ3v) is 4.60. The number of hydrogen-bond acceptors (Lipinski definition) is 4. The van der Waals surface area contributed by atoms with E-state index in [1.165, 1.54) is 0 Å². The predicted molar refractivity (Wildman–Crippen MR) is 90.5 cm³/mol. The minimum absolute atomic E-state index is 0.254. The lowest BCUT2D eigenvalue weighted by atomic mass is 10.3. The van der Waals surface area contributed by atoms with E-state index in [1.54, 1.807) is 24.3 Å². The molecular formula is C14H21BrN2O4S. The summed E-state index contributed by atoms with van der Waals surface area (Å²) in [6.45, 7) is 3.30. The number of benzene rings is 1. The van der Waals surface area contributed by atoms with Crippen molar-refractivity contribution in [3.8, 4) is 0 Å². The highest BCUT2D eigenvalue weighted by Crippen LogP contribution is 2.27.